The lowest BCUT2D eigenvalue weighted by Gasteiger charge is -2.40. The molecule has 0 atom stereocenters. The summed E-state index contributed by atoms with van der Waals surface area (Å²) in [6.45, 7) is 0.781. The minimum absolute atomic E-state index is 0.00180. The van der Waals surface area contributed by atoms with Crippen molar-refractivity contribution < 1.29 is 9.47 Å². The quantitative estimate of drug-likeness (QED) is 0.819. The second kappa shape index (κ2) is 4.65. The maximum absolute atomic E-state index is 5.51. The molecule has 1 aromatic rings. The van der Waals surface area contributed by atoms with Gasteiger partial charge >= 0.3 is 0 Å². The van der Waals surface area contributed by atoms with Gasteiger partial charge in [-0.05, 0) is 19.3 Å². The summed E-state index contributed by atoms with van der Waals surface area (Å²) in [5.74, 6) is 1.34. The van der Waals surface area contributed by atoms with Crippen LogP contribution in [0.3, 0.4) is 0 Å². The van der Waals surface area contributed by atoms with Crippen molar-refractivity contribution in [2.24, 2.45) is 0 Å². The molecule has 0 unspecified atom stereocenters. The number of rotatable bonds is 5. The average Bonchev–Trinajstić information content (AvgIpc) is 2.29. The number of hydrogen-bond acceptors (Lipinski definition) is 5. The lowest BCUT2D eigenvalue weighted by Crippen LogP contribution is -2.45. The van der Waals surface area contributed by atoms with Gasteiger partial charge in [0.2, 0.25) is 5.88 Å². The molecule has 5 heteroatoms. The number of aromatic nitrogens is 2. The predicted molar refractivity (Wildman–Crippen MR) is 60.7 cm³/mol. The summed E-state index contributed by atoms with van der Waals surface area (Å²) >= 11 is 0. The van der Waals surface area contributed by atoms with Crippen molar-refractivity contribution >= 4 is 5.82 Å². The summed E-state index contributed by atoms with van der Waals surface area (Å²) in [5, 5.41) is 3.26. The van der Waals surface area contributed by atoms with Gasteiger partial charge in [0.25, 0.3) is 0 Å². The minimum Gasteiger partial charge on any atom is -0.481 e. The average molecular weight is 223 g/mol. The smallest absolute Gasteiger partial charge is 0.218 e. The fraction of sp³-hybridized carbons (Fsp3) is 0.636. The standard InChI is InChI=1S/C11H17N3O2/c1-15-10-6-9(13-8-14-10)12-7-11(16-2)4-3-5-11/h6,8H,3-5,7H2,1-2H3,(H,12,13,14). The van der Waals surface area contributed by atoms with Crippen molar-refractivity contribution in [2.45, 2.75) is 24.9 Å². The Morgan fingerprint density at radius 3 is 2.75 bits per heavy atom. The van der Waals surface area contributed by atoms with E-state index in [4.69, 9.17) is 9.47 Å². The molecule has 1 aliphatic carbocycles. The highest BCUT2D eigenvalue weighted by atomic mass is 16.5. The van der Waals surface area contributed by atoms with Crippen LogP contribution in [-0.2, 0) is 4.74 Å². The van der Waals surface area contributed by atoms with Crippen molar-refractivity contribution in [1.82, 2.24) is 9.97 Å². The zero-order valence-corrected chi connectivity index (χ0v) is 9.69. The predicted octanol–water partition coefficient (Wildman–Crippen LogP) is 1.47. The maximum atomic E-state index is 5.51. The number of hydrogen-bond donors (Lipinski definition) is 1. The number of ether oxygens (including phenoxy) is 2. The molecule has 0 spiro atoms. The molecule has 1 aromatic heterocycles. The SMILES string of the molecule is COc1cc(NCC2(OC)CCC2)ncn1. The first-order chi connectivity index (χ1) is 7.78. The van der Waals surface area contributed by atoms with Crippen LogP contribution < -0.4 is 10.1 Å². The monoisotopic (exact) mass is 223 g/mol. The third-order valence-corrected chi connectivity index (χ3v) is 3.14. The fourth-order valence-corrected chi connectivity index (χ4v) is 1.82. The summed E-state index contributed by atoms with van der Waals surface area (Å²) in [5.41, 5.74) is -0.00180. The molecule has 16 heavy (non-hydrogen) atoms. The van der Waals surface area contributed by atoms with E-state index in [0.717, 1.165) is 25.2 Å². The molecule has 0 amide bonds. The molecule has 0 aromatic carbocycles. The molecule has 0 saturated heterocycles. The van der Waals surface area contributed by atoms with E-state index in [-0.39, 0.29) is 5.60 Å². The van der Waals surface area contributed by atoms with E-state index in [9.17, 15) is 0 Å². The maximum Gasteiger partial charge on any atom is 0.218 e. The van der Waals surface area contributed by atoms with Crippen LogP contribution in [0.25, 0.3) is 0 Å². The Bertz CT molecular complexity index is 347. The van der Waals surface area contributed by atoms with Crippen molar-refractivity contribution in [3.8, 4) is 5.88 Å². The molecule has 1 N–H and O–H groups in total. The third kappa shape index (κ3) is 2.24. The Labute approximate surface area is 95.2 Å². The number of nitrogens with one attached hydrogen (secondary N) is 1. The van der Waals surface area contributed by atoms with Gasteiger partial charge in [0.05, 0.1) is 12.7 Å². The van der Waals surface area contributed by atoms with Crippen LogP contribution in [0, 0.1) is 0 Å². The summed E-state index contributed by atoms with van der Waals surface area (Å²) in [7, 11) is 3.36. The highest BCUT2D eigenvalue weighted by molar-refractivity contribution is 5.37. The molecule has 5 nitrogen and oxygen atoms in total. The van der Waals surface area contributed by atoms with E-state index < -0.39 is 0 Å². The van der Waals surface area contributed by atoms with Crippen molar-refractivity contribution in [3.63, 3.8) is 0 Å². The first-order valence-electron chi connectivity index (χ1n) is 5.43. The Hall–Kier alpha value is -1.36. The lowest BCUT2D eigenvalue weighted by atomic mass is 9.80. The van der Waals surface area contributed by atoms with Crippen molar-refractivity contribution in [1.29, 1.82) is 0 Å². The number of methoxy groups -OCH3 is 2. The highest BCUT2D eigenvalue weighted by Gasteiger charge is 2.36. The van der Waals surface area contributed by atoms with Gasteiger partial charge in [0.15, 0.2) is 0 Å². The molecule has 1 saturated carbocycles. The van der Waals surface area contributed by atoms with E-state index in [1.807, 2.05) is 0 Å². The van der Waals surface area contributed by atoms with Crippen LogP contribution >= 0.6 is 0 Å². The third-order valence-electron chi connectivity index (χ3n) is 3.14. The normalized spacial score (nSPS) is 17.6. The zero-order chi connectivity index (χ0) is 11.4. The van der Waals surface area contributed by atoms with E-state index in [1.165, 1.54) is 12.7 Å². The van der Waals surface area contributed by atoms with E-state index in [1.54, 1.807) is 20.3 Å². The summed E-state index contributed by atoms with van der Waals surface area (Å²) in [6.07, 6.45) is 4.95. The van der Waals surface area contributed by atoms with Crippen molar-refractivity contribution in [2.75, 3.05) is 26.1 Å². The van der Waals surface area contributed by atoms with Gasteiger partial charge < -0.3 is 14.8 Å². The molecular formula is C11H17N3O2. The van der Waals surface area contributed by atoms with E-state index >= 15 is 0 Å². The second-order valence-electron chi connectivity index (χ2n) is 4.04. The summed E-state index contributed by atoms with van der Waals surface area (Å²) < 4.78 is 10.5. The van der Waals surface area contributed by atoms with Gasteiger partial charge in [-0.15, -0.1) is 0 Å². The largest absolute Gasteiger partial charge is 0.481 e. The van der Waals surface area contributed by atoms with Crippen LogP contribution in [0.2, 0.25) is 0 Å². The first-order valence-corrected chi connectivity index (χ1v) is 5.43. The molecule has 0 aliphatic heterocycles. The van der Waals surface area contributed by atoms with E-state index in [0.29, 0.717) is 5.88 Å². The molecule has 0 bridgehead atoms. The zero-order valence-electron chi connectivity index (χ0n) is 9.69. The molecule has 1 heterocycles. The molecule has 0 radical (unpaired) electrons. The Kier molecular flexibility index (Phi) is 3.24. The molecule has 1 aliphatic rings. The van der Waals surface area contributed by atoms with Crippen LogP contribution in [-0.4, -0.2) is 36.3 Å². The van der Waals surface area contributed by atoms with Crippen LogP contribution in [0.5, 0.6) is 5.88 Å². The molecule has 1 fully saturated rings. The number of anilines is 1. The van der Waals surface area contributed by atoms with Crippen LogP contribution in [0.4, 0.5) is 5.82 Å². The highest BCUT2D eigenvalue weighted by Crippen LogP contribution is 2.34. The van der Waals surface area contributed by atoms with E-state index in [2.05, 4.69) is 15.3 Å². The molecular weight excluding hydrogens is 206 g/mol. The summed E-state index contributed by atoms with van der Waals surface area (Å²) in [6, 6.07) is 1.78. The Balaban J connectivity index is 1.93. The second-order valence-corrected chi connectivity index (χ2v) is 4.04. The van der Waals surface area contributed by atoms with Gasteiger partial charge in [-0.3, -0.25) is 0 Å². The van der Waals surface area contributed by atoms with Crippen molar-refractivity contribution in [3.05, 3.63) is 12.4 Å². The first kappa shape index (κ1) is 11.1. The van der Waals surface area contributed by atoms with Gasteiger partial charge in [-0.2, -0.15) is 0 Å². The minimum atomic E-state index is -0.00180. The Morgan fingerprint density at radius 2 is 2.19 bits per heavy atom. The van der Waals surface area contributed by atoms with Crippen LogP contribution in [0.1, 0.15) is 19.3 Å². The van der Waals surface area contributed by atoms with Gasteiger partial charge in [-0.1, -0.05) is 0 Å². The van der Waals surface area contributed by atoms with Gasteiger partial charge in [-0.25, -0.2) is 9.97 Å². The van der Waals surface area contributed by atoms with Crippen LogP contribution in [0.15, 0.2) is 12.4 Å². The molecule has 2 rings (SSSR count). The Morgan fingerprint density at radius 1 is 1.38 bits per heavy atom. The topological polar surface area (TPSA) is 56.3 Å². The lowest BCUT2D eigenvalue weighted by molar-refractivity contribution is -0.0601. The van der Waals surface area contributed by atoms with Gasteiger partial charge in [0, 0.05) is 19.7 Å². The fourth-order valence-electron chi connectivity index (χ4n) is 1.82. The van der Waals surface area contributed by atoms with Gasteiger partial charge in [0.1, 0.15) is 12.1 Å². The number of nitrogens with zero attached hydrogens (tertiary/aromatic N) is 2. The molecule has 88 valence electrons. The summed E-state index contributed by atoms with van der Waals surface area (Å²) in [4.78, 5) is 8.08.